The third-order valence-corrected chi connectivity index (χ3v) is 3.77. The number of rotatable bonds is 7. The molecule has 0 amide bonds. The molecule has 0 aromatic heterocycles. The molecule has 2 nitrogen and oxygen atoms in total. The van der Waals surface area contributed by atoms with Crippen LogP contribution in [0.2, 0.25) is 0 Å². The molecule has 0 spiro atoms. The summed E-state index contributed by atoms with van der Waals surface area (Å²) in [5.74, 6) is 0.848. The van der Waals surface area contributed by atoms with E-state index < -0.39 is 6.36 Å². The van der Waals surface area contributed by atoms with E-state index in [0.717, 1.165) is 18.5 Å². The van der Waals surface area contributed by atoms with Crippen molar-refractivity contribution < 1.29 is 17.9 Å². The molecular formula is C16H24F3NO. The summed E-state index contributed by atoms with van der Waals surface area (Å²) in [4.78, 5) is 0. The number of nitrogens with one attached hydrogen (secondary N) is 1. The molecule has 0 aliphatic rings. The zero-order chi connectivity index (χ0) is 16.0. The number of benzene rings is 1. The highest BCUT2D eigenvalue weighted by molar-refractivity contribution is 5.28. The summed E-state index contributed by atoms with van der Waals surface area (Å²) in [5, 5.41) is 3.45. The van der Waals surface area contributed by atoms with Crippen LogP contribution in [-0.4, -0.2) is 18.9 Å². The fraction of sp³-hybridized carbons (Fsp3) is 0.625. The van der Waals surface area contributed by atoms with Gasteiger partial charge in [-0.15, -0.1) is 13.2 Å². The number of hydrogen-bond acceptors (Lipinski definition) is 2. The zero-order valence-electron chi connectivity index (χ0n) is 13.0. The summed E-state index contributed by atoms with van der Waals surface area (Å²) < 4.78 is 40.2. The number of likely N-dealkylation sites (N-methyl/N-ethyl adjacent to an activating group) is 1. The highest BCUT2D eigenvalue weighted by Gasteiger charge is 2.31. The first-order chi connectivity index (χ1) is 9.73. The van der Waals surface area contributed by atoms with Crippen molar-refractivity contribution in [2.45, 2.75) is 46.5 Å². The Kier molecular flexibility index (Phi) is 6.52. The van der Waals surface area contributed by atoms with Crippen LogP contribution in [0.1, 0.15) is 33.3 Å². The highest BCUT2D eigenvalue weighted by atomic mass is 19.4. The van der Waals surface area contributed by atoms with Crippen LogP contribution < -0.4 is 10.1 Å². The Morgan fingerprint density at radius 2 is 1.67 bits per heavy atom. The summed E-state index contributed by atoms with van der Waals surface area (Å²) in [5.41, 5.74) is 1.00. The second-order valence-electron chi connectivity index (χ2n) is 5.66. The van der Waals surface area contributed by atoms with E-state index in [1.54, 1.807) is 12.1 Å². The Bertz CT molecular complexity index is 415. The smallest absolute Gasteiger partial charge is 0.406 e. The molecule has 0 saturated carbocycles. The van der Waals surface area contributed by atoms with Crippen LogP contribution in [-0.2, 0) is 6.42 Å². The summed E-state index contributed by atoms with van der Waals surface area (Å²) >= 11 is 0. The van der Waals surface area contributed by atoms with Crippen LogP contribution in [0, 0.1) is 11.8 Å². The molecule has 0 bridgehead atoms. The molecule has 0 aliphatic carbocycles. The van der Waals surface area contributed by atoms with Crippen molar-refractivity contribution >= 4 is 0 Å². The topological polar surface area (TPSA) is 21.3 Å². The third-order valence-electron chi connectivity index (χ3n) is 3.77. The predicted octanol–water partition coefficient (Wildman–Crippen LogP) is 4.40. The second kappa shape index (κ2) is 7.69. The third kappa shape index (κ3) is 6.38. The van der Waals surface area contributed by atoms with E-state index in [1.165, 1.54) is 12.1 Å². The average Bonchev–Trinajstić information content (AvgIpc) is 2.37. The predicted molar refractivity (Wildman–Crippen MR) is 78.3 cm³/mol. The molecule has 1 aromatic carbocycles. The monoisotopic (exact) mass is 303 g/mol. The van der Waals surface area contributed by atoms with Crippen LogP contribution in [0.5, 0.6) is 5.75 Å². The highest BCUT2D eigenvalue weighted by Crippen LogP contribution is 2.24. The molecule has 5 heteroatoms. The van der Waals surface area contributed by atoms with E-state index in [9.17, 15) is 13.2 Å². The van der Waals surface area contributed by atoms with Gasteiger partial charge in [0.05, 0.1) is 0 Å². The molecule has 1 rings (SSSR count). The fourth-order valence-electron chi connectivity index (χ4n) is 2.25. The number of hydrogen-bond donors (Lipinski definition) is 1. The molecule has 0 saturated heterocycles. The molecule has 0 radical (unpaired) electrons. The van der Waals surface area contributed by atoms with E-state index in [1.807, 2.05) is 0 Å². The molecule has 21 heavy (non-hydrogen) atoms. The number of halogens is 3. The lowest BCUT2D eigenvalue weighted by Crippen LogP contribution is -2.38. The zero-order valence-corrected chi connectivity index (χ0v) is 13.0. The molecule has 0 fully saturated rings. The quantitative estimate of drug-likeness (QED) is 0.806. The van der Waals surface area contributed by atoms with Crippen molar-refractivity contribution in [1.82, 2.24) is 5.32 Å². The van der Waals surface area contributed by atoms with Crippen molar-refractivity contribution in [3.63, 3.8) is 0 Å². The lowest BCUT2D eigenvalue weighted by atomic mass is 9.86. The molecule has 0 heterocycles. The maximum absolute atomic E-state index is 12.1. The van der Waals surface area contributed by atoms with Crippen LogP contribution in [0.25, 0.3) is 0 Å². The minimum Gasteiger partial charge on any atom is -0.406 e. The van der Waals surface area contributed by atoms with Gasteiger partial charge in [0.15, 0.2) is 0 Å². The van der Waals surface area contributed by atoms with Gasteiger partial charge in [-0.2, -0.15) is 0 Å². The van der Waals surface area contributed by atoms with Crippen molar-refractivity contribution in [2.24, 2.45) is 11.8 Å². The van der Waals surface area contributed by atoms with E-state index in [2.05, 4.69) is 37.7 Å². The first kappa shape index (κ1) is 17.8. The van der Waals surface area contributed by atoms with Gasteiger partial charge in [0, 0.05) is 6.04 Å². The molecule has 120 valence electrons. The van der Waals surface area contributed by atoms with Gasteiger partial charge in [-0.25, -0.2) is 0 Å². The molecular weight excluding hydrogens is 279 g/mol. The first-order valence-electron chi connectivity index (χ1n) is 7.31. The van der Waals surface area contributed by atoms with Gasteiger partial charge in [-0.1, -0.05) is 39.8 Å². The van der Waals surface area contributed by atoms with Gasteiger partial charge in [0.1, 0.15) is 5.75 Å². The Hall–Kier alpha value is -1.23. The van der Waals surface area contributed by atoms with E-state index in [-0.39, 0.29) is 5.75 Å². The van der Waals surface area contributed by atoms with Crippen molar-refractivity contribution in [3.8, 4) is 5.75 Å². The first-order valence-corrected chi connectivity index (χ1v) is 7.31. The van der Waals surface area contributed by atoms with E-state index >= 15 is 0 Å². The van der Waals surface area contributed by atoms with Gasteiger partial charge in [0.25, 0.3) is 0 Å². The Balaban J connectivity index is 2.72. The number of ether oxygens (including phenoxy) is 1. The van der Waals surface area contributed by atoms with E-state index in [4.69, 9.17) is 0 Å². The molecule has 0 aliphatic heterocycles. The van der Waals surface area contributed by atoms with Crippen molar-refractivity contribution in [3.05, 3.63) is 29.8 Å². The van der Waals surface area contributed by atoms with Gasteiger partial charge in [0.2, 0.25) is 0 Å². The standard InChI is InChI=1S/C16H24F3NO/c1-5-20-15(12(4)11(2)3)10-13-6-8-14(9-7-13)21-16(17,18)19/h6-9,11-12,15,20H,5,10H2,1-4H3. The fourth-order valence-corrected chi connectivity index (χ4v) is 2.25. The molecule has 2 atom stereocenters. The van der Waals surface area contributed by atoms with E-state index in [0.29, 0.717) is 17.9 Å². The molecule has 1 aromatic rings. The summed E-state index contributed by atoms with van der Waals surface area (Å²) in [6, 6.07) is 6.43. The lowest BCUT2D eigenvalue weighted by molar-refractivity contribution is -0.274. The summed E-state index contributed by atoms with van der Waals surface area (Å²) in [6.45, 7) is 9.47. The maximum atomic E-state index is 12.1. The SMILES string of the molecule is CCNC(Cc1ccc(OC(F)(F)F)cc1)C(C)C(C)C. The van der Waals surface area contributed by atoms with Crippen LogP contribution in [0.4, 0.5) is 13.2 Å². The largest absolute Gasteiger partial charge is 0.573 e. The van der Waals surface area contributed by atoms with Crippen LogP contribution in [0.3, 0.4) is 0 Å². The second-order valence-corrected chi connectivity index (χ2v) is 5.66. The number of alkyl halides is 3. The van der Waals surface area contributed by atoms with Crippen molar-refractivity contribution in [1.29, 1.82) is 0 Å². The molecule has 2 unspecified atom stereocenters. The van der Waals surface area contributed by atoms with Crippen molar-refractivity contribution in [2.75, 3.05) is 6.54 Å². The summed E-state index contributed by atoms with van der Waals surface area (Å²) in [7, 11) is 0. The van der Waals surface area contributed by atoms with Gasteiger partial charge in [-0.05, 0) is 42.5 Å². The lowest BCUT2D eigenvalue weighted by Gasteiger charge is -2.28. The Morgan fingerprint density at radius 3 is 2.10 bits per heavy atom. The van der Waals surface area contributed by atoms with Crippen LogP contribution >= 0.6 is 0 Å². The minimum atomic E-state index is -4.64. The van der Waals surface area contributed by atoms with Crippen LogP contribution in [0.15, 0.2) is 24.3 Å². The Labute approximate surface area is 124 Å². The minimum absolute atomic E-state index is 0.178. The average molecular weight is 303 g/mol. The van der Waals surface area contributed by atoms with Gasteiger partial charge in [-0.3, -0.25) is 0 Å². The summed E-state index contributed by atoms with van der Waals surface area (Å²) in [6.07, 6.45) is -3.85. The maximum Gasteiger partial charge on any atom is 0.573 e. The Morgan fingerprint density at radius 1 is 1.10 bits per heavy atom. The van der Waals surface area contributed by atoms with Gasteiger partial charge < -0.3 is 10.1 Å². The molecule has 1 N–H and O–H groups in total. The van der Waals surface area contributed by atoms with Gasteiger partial charge >= 0.3 is 6.36 Å². The normalized spacial score (nSPS) is 15.0.